The predicted molar refractivity (Wildman–Crippen MR) is 174 cm³/mol. The van der Waals surface area contributed by atoms with E-state index in [-0.39, 0.29) is 17.2 Å². The maximum Gasteiger partial charge on any atom is 0.421 e. The third kappa shape index (κ3) is 8.81. The van der Waals surface area contributed by atoms with Crippen LogP contribution in [0.4, 0.5) is 46.0 Å². The number of hydrogen-bond acceptors (Lipinski definition) is 8. The molecule has 4 aromatic rings. The summed E-state index contributed by atoms with van der Waals surface area (Å²) in [5, 5.41) is 30.6. The van der Waals surface area contributed by atoms with E-state index in [9.17, 15) is 9.59 Å². The maximum absolute atomic E-state index is 11.7. The number of amides is 2. The number of carbonyl (C=O) groups is 2. The molecule has 2 heterocycles. The molecule has 2 aromatic carbocycles. The van der Waals surface area contributed by atoms with Crippen molar-refractivity contribution in [2.45, 2.75) is 27.7 Å². The van der Waals surface area contributed by atoms with E-state index < -0.39 is 0 Å². The molecule has 0 spiro atoms. The summed E-state index contributed by atoms with van der Waals surface area (Å²) in [6.45, 7) is 8.41. The van der Waals surface area contributed by atoms with E-state index in [1.807, 2.05) is 95.5 Å². The molecule has 0 aliphatic carbocycles. The summed E-state index contributed by atoms with van der Waals surface area (Å²) >= 11 is 0. The van der Waals surface area contributed by atoms with Crippen LogP contribution < -0.4 is 30.4 Å². The molecular formula is C31H42N12O2+2. The molecule has 45 heavy (non-hydrogen) atoms. The van der Waals surface area contributed by atoms with Gasteiger partial charge in [0, 0.05) is 48.5 Å². The molecule has 2 aromatic heterocycles. The molecule has 0 unspecified atom stereocenters. The Balaban J connectivity index is 1.52. The minimum absolute atomic E-state index is 0.166. The van der Waals surface area contributed by atoms with Gasteiger partial charge in [-0.1, -0.05) is 24.1 Å². The lowest BCUT2D eigenvalue weighted by Gasteiger charge is -2.27. The van der Waals surface area contributed by atoms with Crippen molar-refractivity contribution in [2.75, 3.05) is 34.4 Å². The van der Waals surface area contributed by atoms with Gasteiger partial charge in [0.15, 0.2) is 0 Å². The summed E-state index contributed by atoms with van der Waals surface area (Å²) in [5.74, 6) is 1.02. The molecule has 0 atom stereocenters. The number of benzene rings is 2. The number of aromatic nitrogens is 4. The molecule has 0 radical (unpaired) electrons. The molecule has 236 valence electrons. The molecule has 0 saturated heterocycles. The van der Waals surface area contributed by atoms with Gasteiger partial charge in [-0.3, -0.25) is 9.59 Å². The molecule has 14 nitrogen and oxygen atoms in total. The highest BCUT2D eigenvalue weighted by Gasteiger charge is 2.21. The highest BCUT2D eigenvalue weighted by atomic mass is 16.2. The van der Waals surface area contributed by atoms with E-state index in [4.69, 9.17) is 0 Å². The fourth-order valence-corrected chi connectivity index (χ4v) is 4.46. The lowest BCUT2D eigenvalue weighted by atomic mass is 9.93. The zero-order chi connectivity index (χ0) is 32.7. The Morgan fingerprint density at radius 2 is 1.11 bits per heavy atom. The van der Waals surface area contributed by atoms with Crippen LogP contribution in [0, 0.1) is 5.41 Å². The number of imidazole rings is 2. The van der Waals surface area contributed by atoms with E-state index in [1.165, 1.54) is 13.8 Å². The number of nitrogens with one attached hydrogen (secondary N) is 4. The van der Waals surface area contributed by atoms with Gasteiger partial charge in [-0.25, -0.2) is 18.3 Å². The zero-order valence-corrected chi connectivity index (χ0v) is 27.1. The molecule has 4 rings (SSSR count). The van der Waals surface area contributed by atoms with Crippen LogP contribution in [0.3, 0.4) is 0 Å². The Labute approximate surface area is 262 Å². The lowest BCUT2D eigenvalue weighted by molar-refractivity contribution is -0.657. The molecule has 0 saturated carbocycles. The second kappa shape index (κ2) is 13.9. The average molecular weight is 615 g/mol. The Bertz CT molecular complexity index is 1580. The van der Waals surface area contributed by atoms with Gasteiger partial charge in [-0.2, -0.15) is 0 Å². The highest BCUT2D eigenvalue weighted by molar-refractivity contribution is 5.90. The second-order valence-corrected chi connectivity index (χ2v) is 11.7. The molecule has 0 aliphatic heterocycles. The summed E-state index contributed by atoms with van der Waals surface area (Å²) < 4.78 is 7.50. The first kappa shape index (κ1) is 32.5. The van der Waals surface area contributed by atoms with Gasteiger partial charge in [0.1, 0.15) is 11.4 Å². The number of anilines is 4. The van der Waals surface area contributed by atoms with E-state index in [0.29, 0.717) is 47.7 Å². The molecule has 2 amide bonds. The van der Waals surface area contributed by atoms with Crippen molar-refractivity contribution in [3.63, 3.8) is 0 Å². The second-order valence-electron chi connectivity index (χ2n) is 11.7. The van der Waals surface area contributed by atoms with Gasteiger partial charge in [0.2, 0.25) is 11.8 Å². The fourth-order valence-electron chi connectivity index (χ4n) is 4.46. The Morgan fingerprint density at radius 3 is 1.44 bits per heavy atom. The van der Waals surface area contributed by atoms with Crippen molar-refractivity contribution < 1.29 is 18.7 Å². The molecular weight excluding hydrogens is 572 g/mol. The molecule has 14 heteroatoms. The summed E-state index contributed by atoms with van der Waals surface area (Å²) in [5.41, 5.74) is 3.78. The Hall–Kier alpha value is -5.40. The van der Waals surface area contributed by atoms with Crippen LogP contribution in [-0.2, 0) is 37.8 Å². The normalized spacial score (nSPS) is 11.7. The van der Waals surface area contributed by atoms with Crippen LogP contribution in [0.5, 0.6) is 0 Å². The van der Waals surface area contributed by atoms with Crippen LogP contribution in [-0.4, -0.2) is 34.0 Å². The van der Waals surface area contributed by atoms with Crippen molar-refractivity contribution in [3.8, 4) is 0 Å². The van der Waals surface area contributed by atoms with Crippen LogP contribution in [0.25, 0.3) is 0 Å². The number of hydrogen-bond donors (Lipinski definition) is 4. The van der Waals surface area contributed by atoms with Crippen molar-refractivity contribution in [1.82, 2.24) is 9.13 Å². The Kier molecular flexibility index (Phi) is 10.1. The number of carbonyl (C=O) groups excluding carboxylic acids is 2. The monoisotopic (exact) mass is 614 g/mol. The Morgan fingerprint density at radius 1 is 0.711 bits per heavy atom. The smallest absolute Gasteiger partial charge is 0.383 e. The highest BCUT2D eigenvalue weighted by Crippen LogP contribution is 2.33. The minimum Gasteiger partial charge on any atom is -0.383 e. The van der Waals surface area contributed by atoms with Crippen LogP contribution in [0.1, 0.15) is 27.7 Å². The summed E-state index contributed by atoms with van der Waals surface area (Å²) in [4.78, 5) is 23.4. The van der Waals surface area contributed by atoms with E-state index >= 15 is 0 Å². The van der Waals surface area contributed by atoms with Gasteiger partial charge >= 0.3 is 11.9 Å². The SMILES string of the molecule is CC(=O)Nc1ccc(NCC(C)(C)CNc2ccc(NC(C)=O)cc2N=Nc2n(C)cc[n+]2C)c(N=Nc2n(C)cc[n+]2C)c1. The van der Waals surface area contributed by atoms with Crippen molar-refractivity contribution in [2.24, 2.45) is 54.1 Å². The van der Waals surface area contributed by atoms with E-state index in [0.717, 1.165) is 11.4 Å². The molecule has 0 fully saturated rings. The van der Waals surface area contributed by atoms with E-state index in [2.05, 4.69) is 55.6 Å². The van der Waals surface area contributed by atoms with Crippen LogP contribution >= 0.6 is 0 Å². The number of azo groups is 2. The van der Waals surface area contributed by atoms with Crippen LogP contribution in [0.2, 0.25) is 0 Å². The van der Waals surface area contributed by atoms with Gasteiger partial charge < -0.3 is 21.3 Å². The van der Waals surface area contributed by atoms with Gasteiger partial charge in [0.25, 0.3) is 0 Å². The van der Waals surface area contributed by atoms with Crippen molar-refractivity contribution >= 4 is 57.8 Å². The molecule has 0 bridgehead atoms. The summed E-state index contributed by atoms with van der Waals surface area (Å²) in [6, 6.07) is 11.0. The molecule has 0 aliphatic rings. The lowest BCUT2D eigenvalue weighted by Crippen LogP contribution is -2.31. The fraction of sp³-hybridized carbons (Fsp3) is 0.355. The van der Waals surface area contributed by atoms with Crippen molar-refractivity contribution in [1.29, 1.82) is 0 Å². The number of rotatable bonds is 12. The summed E-state index contributed by atoms with van der Waals surface area (Å²) in [7, 11) is 7.61. The standard InChI is InChI=1S/C31H40N12O2/c1-21(44)34-23-9-11-25(27(17-23)36-38-29-40(5)13-14-41(29)6)32-19-31(3,4)20-33-26-12-10-24(35-22(2)45)18-28(26)37-39-30-42(7)15-16-43(30)8/h9-18H,19-20H2,1-8H3,(H2,34,35,36,37,44,45)/p+2. The first-order valence-corrected chi connectivity index (χ1v) is 14.5. The third-order valence-electron chi connectivity index (χ3n) is 6.93. The summed E-state index contributed by atoms with van der Waals surface area (Å²) in [6.07, 6.45) is 7.61. The number of nitrogens with zero attached hydrogens (tertiary/aromatic N) is 8. The van der Waals surface area contributed by atoms with Gasteiger partial charge in [-0.05, 0) is 41.8 Å². The minimum atomic E-state index is -0.232. The first-order chi connectivity index (χ1) is 21.3. The largest absolute Gasteiger partial charge is 0.421 e. The van der Waals surface area contributed by atoms with E-state index in [1.54, 1.807) is 12.1 Å². The maximum atomic E-state index is 11.7. The number of aryl methyl sites for hydroxylation is 4. The predicted octanol–water partition coefficient (Wildman–Crippen LogP) is 5.31. The quantitative estimate of drug-likeness (QED) is 0.126. The van der Waals surface area contributed by atoms with Crippen LogP contribution in [0.15, 0.2) is 81.6 Å². The van der Waals surface area contributed by atoms with Crippen molar-refractivity contribution in [3.05, 3.63) is 61.2 Å². The van der Waals surface area contributed by atoms with Gasteiger partial charge in [0.05, 0.1) is 64.4 Å². The average Bonchev–Trinajstić information content (AvgIpc) is 3.47. The topological polar surface area (TPSA) is 149 Å². The third-order valence-corrected chi connectivity index (χ3v) is 6.93. The first-order valence-electron chi connectivity index (χ1n) is 14.5. The zero-order valence-electron chi connectivity index (χ0n) is 27.1. The van der Waals surface area contributed by atoms with Gasteiger partial charge in [-0.15, -0.1) is 0 Å². The molecule has 4 N–H and O–H groups in total.